The van der Waals surface area contributed by atoms with Crippen LogP contribution in [0.5, 0.6) is 0 Å². The molecule has 0 radical (unpaired) electrons. The van der Waals surface area contributed by atoms with E-state index in [0.717, 1.165) is 26.2 Å². The molecule has 1 heterocycles. The van der Waals surface area contributed by atoms with Gasteiger partial charge in [0.25, 0.3) is 0 Å². The van der Waals surface area contributed by atoms with E-state index in [1.807, 2.05) is 0 Å². The van der Waals surface area contributed by atoms with Gasteiger partial charge in [0.2, 0.25) is 0 Å². The van der Waals surface area contributed by atoms with Gasteiger partial charge < -0.3 is 15.0 Å². The van der Waals surface area contributed by atoms with Crippen molar-refractivity contribution in [2.24, 2.45) is 0 Å². The van der Waals surface area contributed by atoms with Crippen molar-refractivity contribution >= 4 is 0 Å². The predicted molar refractivity (Wildman–Crippen MR) is 82.1 cm³/mol. The largest absolute Gasteiger partial charge is 0.377 e. The van der Waals surface area contributed by atoms with E-state index in [1.54, 1.807) is 0 Å². The van der Waals surface area contributed by atoms with Crippen molar-refractivity contribution in [3.8, 4) is 0 Å². The summed E-state index contributed by atoms with van der Waals surface area (Å²) in [7, 11) is 2.20. The first-order valence-corrected chi connectivity index (χ1v) is 7.91. The van der Waals surface area contributed by atoms with Gasteiger partial charge in [0.15, 0.2) is 0 Å². The van der Waals surface area contributed by atoms with Crippen molar-refractivity contribution < 1.29 is 4.74 Å². The molecule has 1 aromatic rings. The van der Waals surface area contributed by atoms with E-state index in [2.05, 4.69) is 41.5 Å². The van der Waals surface area contributed by atoms with Crippen molar-refractivity contribution in [3.05, 3.63) is 35.4 Å². The molecule has 1 aliphatic heterocycles. The highest BCUT2D eigenvalue weighted by molar-refractivity contribution is 5.33. The molecule has 0 amide bonds. The third-order valence-electron chi connectivity index (χ3n) is 4.52. The van der Waals surface area contributed by atoms with Crippen LogP contribution in [0.25, 0.3) is 0 Å². The van der Waals surface area contributed by atoms with Gasteiger partial charge in [-0.15, -0.1) is 0 Å². The van der Waals surface area contributed by atoms with Gasteiger partial charge in [0.1, 0.15) is 0 Å². The van der Waals surface area contributed by atoms with Gasteiger partial charge in [-0.2, -0.15) is 0 Å². The quantitative estimate of drug-likeness (QED) is 0.857. The summed E-state index contributed by atoms with van der Waals surface area (Å²) in [5, 5.41) is 3.70. The topological polar surface area (TPSA) is 24.5 Å². The zero-order chi connectivity index (χ0) is 13.8. The first-order valence-electron chi connectivity index (χ1n) is 7.91. The predicted octanol–water partition coefficient (Wildman–Crippen LogP) is 1.85. The summed E-state index contributed by atoms with van der Waals surface area (Å²) >= 11 is 0. The molecule has 2 aliphatic rings. The third kappa shape index (κ3) is 3.60. The number of nitrogens with zero attached hydrogens (tertiary/aromatic N) is 1. The highest BCUT2D eigenvalue weighted by atomic mass is 16.5. The van der Waals surface area contributed by atoms with E-state index < -0.39 is 0 Å². The Morgan fingerprint density at radius 1 is 1.25 bits per heavy atom. The Labute approximate surface area is 122 Å². The zero-order valence-corrected chi connectivity index (χ0v) is 12.5. The lowest BCUT2D eigenvalue weighted by atomic mass is 10.1. The molecule has 1 atom stereocenters. The van der Waals surface area contributed by atoms with Crippen molar-refractivity contribution in [3.63, 3.8) is 0 Å². The average molecular weight is 274 g/mol. The Balaban J connectivity index is 1.34. The number of hydrogen-bond acceptors (Lipinski definition) is 3. The minimum atomic E-state index is 0.468. The maximum atomic E-state index is 5.68. The highest BCUT2D eigenvalue weighted by Crippen LogP contribution is 2.21. The molecule has 110 valence electrons. The van der Waals surface area contributed by atoms with Crippen LogP contribution in [0.15, 0.2) is 24.3 Å². The highest BCUT2D eigenvalue weighted by Gasteiger charge is 2.20. The van der Waals surface area contributed by atoms with E-state index in [0.29, 0.717) is 12.1 Å². The second-order valence-corrected chi connectivity index (χ2v) is 6.23. The van der Waals surface area contributed by atoms with Crippen LogP contribution in [-0.4, -0.2) is 50.3 Å². The lowest BCUT2D eigenvalue weighted by Gasteiger charge is -2.21. The Morgan fingerprint density at radius 2 is 2.00 bits per heavy atom. The number of nitrogens with one attached hydrogen (secondary N) is 1. The maximum Gasteiger partial charge on any atom is 0.0702 e. The molecule has 1 aliphatic carbocycles. The van der Waals surface area contributed by atoms with Crippen molar-refractivity contribution in [2.45, 2.75) is 37.8 Å². The van der Waals surface area contributed by atoms with Gasteiger partial charge in [-0.1, -0.05) is 24.3 Å². The normalized spacial score (nSPS) is 22.6. The Morgan fingerprint density at radius 3 is 2.65 bits per heavy atom. The average Bonchev–Trinajstić information content (AvgIpc) is 3.07. The van der Waals surface area contributed by atoms with Crippen LogP contribution in [0.2, 0.25) is 0 Å². The number of fused-ring (bicyclic) bond motifs is 1. The van der Waals surface area contributed by atoms with E-state index >= 15 is 0 Å². The second-order valence-electron chi connectivity index (χ2n) is 6.23. The van der Waals surface area contributed by atoms with Gasteiger partial charge in [-0.3, -0.25) is 0 Å². The van der Waals surface area contributed by atoms with Gasteiger partial charge in [0, 0.05) is 32.3 Å². The molecule has 1 unspecified atom stereocenters. The lowest BCUT2D eigenvalue weighted by Crippen LogP contribution is -2.38. The summed E-state index contributed by atoms with van der Waals surface area (Å²) in [5.41, 5.74) is 3.05. The first-order chi connectivity index (χ1) is 9.81. The van der Waals surface area contributed by atoms with Gasteiger partial charge >= 0.3 is 0 Å². The summed E-state index contributed by atoms with van der Waals surface area (Å²) in [6.45, 7) is 4.21. The van der Waals surface area contributed by atoms with Crippen LogP contribution in [0.3, 0.4) is 0 Å². The molecule has 3 heteroatoms. The fraction of sp³-hybridized carbons (Fsp3) is 0.647. The molecule has 3 rings (SSSR count). The second kappa shape index (κ2) is 6.70. The number of ether oxygens (including phenoxy) is 1. The summed E-state index contributed by atoms with van der Waals surface area (Å²) in [4.78, 5) is 2.39. The van der Waals surface area contributed by atoms with Gasteiger partial charge in [-0.05, 0) is 43.9 Å². The molecule has 0 bridgehead atoms. The summed E-state index contributed by atoms with van der Waals surface area (Å²) < 4.78 is 5.68. The van der Waals surface area contributed by atoms with Gasteiger partial charge in [0.05, 0.1) is 6.10 Å². The molecular formula is C17H26N2O. The summed E-state index contributed by atoms with van der Waals surface area (Å²) in [6.07, 6.45) is 5.31. The fourth-order valence-electron chi connectivity index (χ4n) is 3.39. The number of benzene rings is 1. The number of likely N-dealkylation sites (N-methyl/N-ethyl adjacent to an activating group) is 1. The Kier molecular flexibility index (Phi) is 4.71. The van der Waals surface area contributed by atoms with Crippen LogP contribution < -0.4 is 5.32 Å². The van der Waals surface area contributed by atoms with E-state index in [-0.39, 0.29) is 0 Å². The standard InChI is InChI=1S/C17H26N2O/c1-19(13-17-7-4-10-20-17)9-8-18-16-11-14-5-2-3-6-15(14)12-16/h2-3,5-6,16-18H,4,7-13H2,1H3. The molecule has 0 aromatic heterocycles. The minimum Gasteiger partial charge on any atom is -0.377 e. The maximum absolute atomic E-state index is 5.68. The fourth-order valence-corrected chi connectivity index (χ4v) is 3.39. The first kappa shape index (κ1) is 14.1. The van der Waals surface area contributed by atoms with Gasteiger partial charge in [-0.25, -0.2) is 0 Å². The molecule has 1 N–H and O–H groups in total. The number of hydrogen-bond donors (Lipinski definition) is 1. The van der Waals surface area contributed by atoms with Crippen LogP contribution in [0, 0.1) is 0 Å². The molecule has 1 fully saturated rings. The van der Waals surface area contributed by atoms with Crippen LogP contribution >= 0.6 is 0 Å². The van der Waals surface area contributed by atoms with Crippen molar-refractivity contribution in [1.29, 1.82) is 0 Å². The van der Waals surface area contributed by atoms with E-state index in [1.165, 1.54) is 36.8 Å². The van der Waals surface area contributed by atoms with Crippen LogP contribution in [0.4, 0.5) is 0 Å². The van der Waals surface area contributed by atoms with E-state index in [4.69, 9.17) is 4.74 Å². The van der Waals surface area contributed by atoms with Crippen molar-refractivity contribution in [1.82, 2.24) is 10.2 Å². The molecule has 1 saturated heterocycles. The third-order valence-corrected chi connectivity index (χ3v) is 4.52. The zero-order valence-electron chi connectivity index (χ0n) is 12.5. The monoisotopic (exact) mass is 274 g/mol. The lowest BCUT2D eigenvalue weighted by molar-refractivity contribution is 0.0813. The Hall–Kier alpha value is -0.900. The van der Waals surface area contributed by atoms with Crippen molar-refractivity contribution in [2.75, 3.05) is 33.3 Å². The van der Waals surface area contributed by atoms with Crippen LogP contribution in [0.1, 0.15) is 24.0 Å². The molecule has 1 aromatic carbocycles. The summed E-state index contributed by atoms with van der Waals surface area (Å²) in [6, 6.07) is 9.46. The molecule has 0 spiro atoms. The minimum absolute atomic E-state index is 0.468. The smallest absolute Gasteiger partial charge is 0.0702 e. The molecule has 20 heavy (non-hydrogen) atoms. The summed E-state index contributed by atoms with van der Waals surface area (Å²) in [5.74, 6) is 0. The number of rotatable bonds is 6. The molecular weight excluding hydrogens is 248 g/mol. The van der Waals surface area contributed by atoms with Crippen LogP contribution in [-0.2, 0) is 17.6 Å². The molecule has 0 saturated carbocycles. The molecule has 3 nitrogen and oxygen atoms in total. The SMILES string of the molecule is CN(CCNC1Cc2ccccc2C1)CC1CCCO1. The Bertz CT molecular complexity index is 404. The van der Waals surface area contributed by atoms with E-state index in [9.17, 15) is 0 Å².